The minimum Gasteiger partial charge on any atom is -0.296 e. The van der Waals surface area contributed by atoms with Crippen LogP contribution in [0.2, 0.25) is 0 Å². The molecule has 0 amide bonds. The fourth-order valence-electron chi connectivity index (χ4n) is 4.43. The molecule has 0 spiro atoms. The van der Waals surface area contributed by atoms with Crippen molar-refractivity contribution in [3.63, 3.8) is 0 Å². The molecule has 0 saturated heterocycles. The summed E-state index contributed by atoms with van der Waals surface area (Å²) in [5.74, 6) is -3.12. The van der Waals surface area contributed by atoms with Crippen LogP contribution < -0.4 is 0 Å². The fourth-order valence-corrected chi connectivity index (χ4v) is 4.43. The van der Waals surface area contributed by atoms with Crippen molar-refractivity contribution in [2.75, 3.05) is 0 Å². The number of rotatable bonds is 4. The summed E-state index contributed by atoms with van der Waals surface area (Å²) in [7, 11) is 0. The normalized spacial score (nSPS) is 39.2. The zero-order valence-electron chi connectivity index (χ0n) is 12.5. The van der Waals surface area contributed by atoms with Gasteiger partial charge >= 0.3 is 12.7 Å². The van der Waals surface area contributed by atoms with Crippen LogP contribution in [0, 0.1) is 17.8 Å². The van der Waals surface area contributed by atoms with E-state index >= 15 is 0 Å². The summed E-state index contributed by atoms with van der Waals surface area (Å²) < 4.78 is 83.7. The first kappa shape index (κ1) is 17.7. The molecule has 24 heavy (non-hydrogen) atoms. The van der Waals surface area contributed by atoms with Gasteiger partial charge in [-0.2, -0.15) is 0 Å². The lowest BCUT2D eigenvalue weighted by molar-refractivity contribution is -0.352. The largest absolute Gasteiger partial charge is 0.523 e. The summed E-state index contributed by atoms with van der Waals surface area (Å²) in [5, 5.41) is 0. The smallest absolute Gasteiger partial charge is 0.296 e. The lowest BCUT2D eigenvalue weighted by atomic mass is 9.82. The van der Waals surface area contributed by atoms with Crippen molar-refractivity contribution >= 4 is 5.78 Å². The fraction of sp³-hybridized carbons (Fsp3) is 0.800. The number of carbonyl (C=O) groups is 1. The quantitative estimate of drug-likeness (QED) is 0.560. The minimum atomic E-state index is -4.98. The van der Waals surface area contributed by atoms with Gasteiger partial charge in [0.15, 0.2) is 11.4 Å². The van der Waals surface area contributed by atoms with Crippen LogP contribution in [0.15, 0.2) is 12.2 Å². The van der Waals surface area contributed by atoms with Crippen molar-refractivity contribution in [1.82, 2.24) is 0 Å². The Morgan fingerprint density at radius 1 is 1.04 bits per heavy atom. The van der Waals surface area contributed by atoms with E-state index in [1.807, 2.05) is 0 Å². The first-order valence-electron chi connectivity index (χ1n) is 7.70. The van der Waals surface area contributed by atoms with E-state index in [0.717, 1.165) is 0 Å². The molecular formula is C15H16F6O3. The highest BCUT2D eigenvalue weighted by Gasteiger charge is 2.76. The van der Waals surface area contributed by atoms with Gasteiger partial charge in [-0.1, -0.05) is 18.6 Å². The molecule has 3 saturated carbocycles. The summed E-state index contributed by atoms with van der Waals surface area (Å²) >= 11 is 0. The van der Waals surface area contributed by atoms with Gasteiger partial charge in [0, 0.05) is 11.8 Å². The summed E-state index contributed by atoms with van der Waals surface area (Å²) in [4.78, 5) is 11.9. The first-order chi connectivity index (χ1) is 11.0. The molecular weight excluding hydrogens is 342 g/mol. The molecule has 136 valence electrons. The molecule has 3 aliphatic carbocycles. The summed E-state index contributed by atoms with van der Waals surface area (Å²) in [5.41, 5.74) is -1.78. The predicted octanol–water partition coefficient (Wildman–Crippen LogP) is 4.13. The highest BCUT2D eigenvalue weighted by Crippen LogP contribution is 2.63. The van der Waals surface area contributed by atoms with Crippen LogP contribution in [0.25, 0.3) is 0 Å². The maximum absolute atomic E-state index is 12.7. The van der Waals surface area contributed by atoms with Crippen LogP contribution in [0.3, 0.4) is 0 Å². The van der Waals surface area contributed by atoms with Crippen LogP contribution in [0.1, 0.15) is 32.1 Å². The van der Waals surface area contributed by atoms with Gasteiger partial charge in [0.25, 0.3) is 0 Å². The molecule has 0 heterocycles. The van der Waals surface area contributed by atoms with E-state index < -0.39 is 48.0 Å². The lowest BCUT2D eigenvalue weighted by Crippen LogP contribution is -2.37. The van der Waals surface area contributed by atoms with Gasteiger partial charge < -0.3 is 0 Å². The number of hydrogen-bond donors (Lipinski definition) is 0. The van der Waals surface area contributed by atoms with E-state index in [9.17, 15) is 31.1 Å². The number of ether oxygens (including phenoxy) is 2. The Balaban J connectivity index is 1.78. The average molecular weight is 358 g/mol. The molecule has 3 aliphatic rings. The molecule has 0 aromatic rings. The summed E-state index contributed by atoms with van der Waals surface area (Å²) in [6, 6.07) is 0. The van der Waals surface area contributed by atoms with Crippen molar-refractivity contribution < 1.29 is 40.6 Å². The topological polar surface area (TPSA) is 35.5 Å². The molecule has 0 bridgehead atoms. The van der Waals surface area contributed by atoms with E-state index in [1.54, 1.807) is 0 Å². The summed E-state index contributed by atoms with van der Waals surface area (Å²) in [6.45, 7) is 3.74. The first-order valence-corrected chi connectivity index (χ1v) is 7.70. The van der Waals surface area contributed by atoms with Gasteiger partial charge in [0.1, 0.15) is 0 Å². The molecule has 3 nitrogen and oxygen atoms in total. The van der Waals surface area contributed by atoms with Crippen molar-refractivity contribution in [3.05, 3.63) is 12.2 Å². The van der Waals surface area contributed by atoms with Crippen molar-refractivity contribution in [2.24, 2.45) is 17.8 Å². The molecule has 9 heteroatoms. The molecule has 0 N–H and O–H groups in total. The van der Waals surface area contributed by atoms with Crippen LogP contribution in [0.5, 0.6) is 0 Å². The van der Waals surface area contributed by atoms with E-state index in [2.05, 4.69) is 16.1 Å². The maximum Gasteiger partial charge on any atom is 0.523 e. The molecule has 0 radical (unpaired) electrons. The number of carbonyl (C=O) groups excluding carboxylic acids is 1. The molecule has 3 fully saturated rings. The number of halogens is 6. The highest BCUT2D eigenvalue weighted by molar-refractivity contribution is 6.08. The van der Waals surface area contributed by atoms with Crippen LogP contribution in [-0.4, -0.2) is 30.2 Å². The summed E-state index contributed by atoms with van der Waals surface area (Å²) in [6.07, 6.45) is -9.53. The van der Waals surface area contributed by atoms with Gasteiger partial charge in [-0.15, -0.1) is 26.3 Å². The third-order valence-corrected chi connectivity index (χ3v) is 5.34. The molecule has 0 aromatic heterocycles. The van der Waals surface area contributed by atoms with Gasteiger partial charge in [-0.3, -0.25) is 14.3 Å². The molecule has 0 aromatic carbocycles. The number of ketones is 1. The zero-order chi connectivity index (χ0) is 17.9. The molecule has 5 atom stereocenters. The van der Waals surface area contributed by atoms with Gasteiger partial charge in [-0.05, 0) is 25.7 Å². The third-order valence-electron chi connectivity index (χ3n) is 5.34. The van der Waals surface area contributed by atoms with E-state index in [-0.39, 0.29) is 24.8 Å². The van der Waals surface area contributed by atoms with Crippen molar-refractivity contribution in [1.29, 1.82) is 0 Å². The van der Waals surface area contributed by atoms with Gasteiger partial charge in [0.2, 0.25) is 0 Å². The monoisotopic (exact) mass is 358 g/mol. The number of alkyl halides is 6. The number of hydrogen-bond acceptors (Lipinski definition) is 3. The number of fused-ring (bicyclic) bond motifs is 1. The predicted molar refractivity (Wildman–Crippen MR) is 68.5 cm³/mol. The van der Waals surface area contributed by atoms with E-state index in [4.69, 9.17) is 0 Å². The van der Waals surface area contributed by atoms with Crippen LogP contribution in [-0.2, 0) is 14.3 Å². The average Bonchev–Trinajstić information content (AvgIpc) is 2.82. The SMILES string of the molecule is C=C(C1CCCC1OC(F)(F)F)C1CCC2C(=O)C12OC(F)(F)F. The van der Waals surface area contributed by atoms with Gasteiger partial charge in [0.05, 0.1) is 12.0 Å². The second kappa shape index (κ2) is 5.45. The lowest BCUT2D eigenvalue weighted by Gasteiger charge is -2.31. The van der Waals surface area contributed by atoms with E-state index in [0.29, 0.717) is 12.8 Å². The Kier molecular flexibility index (Phi) is 4.03. The van der Waals surface area contributed by atoms with Gasteiger partial charge in [-0.25, -0.2) is 0 Å². The zero-order valence-corrected chi connectivity index (χ0v) is 12.5. The minimum absolute atomic E-state index is 0.153. The van der Waals surface area contributed by atoms with Crippen LogP contribution in [0.4, 0.5) is 26.3 Å². The molecule has 0 aliphatic heterocycles. The Bertz CT molecular complexity index is 554. The Hall–Kier alpha value is -1.09. The standard InChI is InChI=1S/C15H16F6O3/c1-7(8-3-2-4-11(8)23-14(16,17)18)9-5-6-10-12(22)13(9,10)24-15(19,20)21/h8-11H,1-6H2. The van der Waals surface area contributed by atoms with E-state index in [1.165, 1.54) is 0 Å². The van der Waals surface area contributed by atoms with Crippen LogP contribution >= 0.6 is 0 Å². The Morgan fingerprint density at radius 3 is 2.25 bits per heavy atom. The Labute approximate surface area is 134 Å². The Morgan fingerprint density at radius 2 is 1.71 bits per heavy atom. The molecule has 5 unspecified atom stereocenters. The van der Waals surface area contributed by atoms with Crippen molar-refractivity contribution in [2.45, 2.75) is 56.5 Å². The van der Waals surface area contributed by atoms with Crippen molar-refractivity contribution in [3.8, 4) is 0 Å². The second-order valence-corrected chi connectivity index (χ2v) is 6.60. The maximum atomic E-state index is 12.7. The number of Topliss-reactive ketones (excluding diaryl/α,β-unsaturated/α-hetero) is 1. The molecule has 3 rings (SSSR count). The third kappa shape index (κ3) is 2.96. The second-order valence-electron chi connectivity index (χ2n) is 6.60. The highest BCUT2D eigenvalue weighted by atomic mass is 19.4.